The van der Waals surface area contributed by atoms with Crippen LogP contribution in [0.3, 0.4) is 0 Å². The Kier molecular flexibility index (Phi) is 8.33. The van der Waals surface area contributed by atoms with Crippen LogP contribution in [0.1, 0.15) is 33.6 Å². The third-order valence-electron chi connectivity index (χ3n) is 1.73. The summed E-state index contributed by atoms with van der Waals surface area (Å²) in [7, 11) is 0. The summed E-state index contributed by atoms with van der Waals surface area (Å²) in [4.78, 5) is 11.3. The van der Waals surface area contributed by atoms with Gasteiger partial charge >= 0.3 is 6.09 Å². The lowest BCUT2D eigenvalue weighted by molar-refractivity contribution is 0.0527. The van der Waals surface area contributed by atoms with E-state index in [-0.39, 0.29) is 6.09 Å². The summed E-state index contributed by atoms with van der Waals surface area (Å²) in [5.74, 6) is 0. The molecule has 0 atom stereocenters. The molecule has 0 aromatic carbocycles. The maximum Gasteiger partial charge on any atom is 0.407 e. The highest BCUT2D eigenvalue weighted by atomic mass is 32.2. The zero-order valence-corrected chi connectivity index (χ0v) is 12.6. The van der Waals surface area contributed by atoms with Gasteiger partial charge in [0.05, 0.1) is 0 Å². The lowest BCUT2D eigenvalue weighted by Crippen LogP contribution is -2.33. The number of alkyl carbamates (subject to hydrolysis) is 1. The number of thiocarbonyl (C=S) groups is 1. The summed E-state index contributed by atoms with van der Waals surface area (Å²) in [6.45, 7) is 7.01. The molecule has 17 heavy (non-hydrogen) atoms. The molecule has 0 radical (unpaired) electrons. The van der Waals surface area contributed by atoms with E-state index in [4.69, 9.17) is 17.0 Å². The smallest absolute Gasteiger partial charge is 0.407 e. The van der Waals surface area contributed by atoms with Gasteiger partial charge < -0.3 is 15.4 Å². The van der Waals surface area contributed by atoms with Crippen LogP contribution in [0.5, 0.6) is 0 Å². The van der Waals surface area contributed by atoms with E-state index in [1.807, 2.05) is 27.0 Å². The molecule has 0 aliphatic carbocycles. The molecule has 0 aromatic rings. The van der Waals surface area contributed by atoms with Crippen LogP contribution in [-0.4, -0.2) is 35.4 Å². The predicted octanol–water partition coefficient (Wildman–Crippen LogP) is 2.53. The number of thioether (sulfide) groups is 1. The Morgan fingerprint density at radius 1 is 1.24 bits per heavy atom. The Morgan fingerprint density at radius 2 is 1.76 bits per heavy atom. The molecule has 0 aliphatic rings. The van der Waals surface area contributed by atoms with Crippen molar-refractivity contribution in [3.8, 4) is 0 Å². The first kappa shape index (κ1) is 16.5. The molecule has 0 spiro atoms. The summed E-state index contributed by atoms with van der Waals surface area (Å²) >= 11 is 6.53. The number of carbonyl (C=O) groups excluding carboxylic acids is 1. The number of nitrogens with one attached hydrogen (secondary N) is 2. The highest BCUT2D eigenvalue weighted by molar-refractivity contribution is 8.22. The molecule has 0 bridgehead atoms. The van der Waals surface area contributed by atoms with Gasteiger partial charge in [0.2, 0.25) is 0 Å². The van der Waals surface area contributed by atoms with Gasteiger partial charge in [-0.3, -0.25) is 0 Å². The number of carbonyl (C=O) groups is 1. The van der Waals surface area contributed by atoms with Crippen molar-refractivity contribution >= 4 is 34.4 Å². The minimum atomic E-state index is -0.434. The summed E-state index contributed by atoms with van der Waals surface area (Å²) in [5, 5.41) is 5.82. The largest absolute Gasteiger partial charge is 0.444 e. The van der Waals surface area contributed by atoms with Gasteiger partial charge in [0.25, 0.3) is 0 Å². The Labute approximate surface area is 113 Å². The highest BCUT2D eigenvalue weighted by Gasteiger charge is 2.15. The SMILES string of the molecule is CSC(=S)NCCCCNC(=O)OC(C)(C)C. The maximum atomic E-state index is 11.3. The van der Waals surface area contributed by atoms with E-state index in [1.165, 1.54) is 11.8 Å². The van der Waals surface area contributed by atoms with Crippen LogP contribution in [0.25, 0.3) is 0 Å². The van der Waals surface area contributed by atoms with Crippen molar-refractivity contribution in [3.05, 3.63) is 0 Å². The van der Waals surface area contributed by atoms with Crippen LogP contribution in [0.2, 0.25) is 0 Å². The van der Waals surface area contributed by atoms with Crippen LogP contribution >= 0.6 is 24.0 Å². The summed E-state index contributed by atoms with van der Waals surface area (Å²) in [6, 6.07) is 0. The third-order valence-corrected chi connectivity index (χ3v) is 2.89. The molecule has 4 nitrogen and oxygen atoms in total. The standard InChI is InChI=1S/C11H22N2O2S2/c1-11(2,3)15-9(14)12-7-5-6-8-13-10(16)17-4/h5-8H2,1-4H3,(H,12,14)(H,13,16). The fourth-order valence-electron chi connectivity index (χ4n) is 1.02. The van der Waals surface area contributed by atoms with Gasteiger partial charge in [-0.05, 0) is 39.9 Å². The second kappa shape index (κ2) is 8.58. The summed E-state index contributed by atoms with van der Waals surface area (Å²) in [6.07, 6.45) is 3.46. The monoisotopic (exact) mass is 278 g/mol. The molecule has 0 heterocycles. The minimum Gasteiger partial charge on any atom is -0.444 e. The van der Waals surface area contributed by atoms with Crippen LogP contribution in [0.15, 0.2) is 0 Å². The van der Waals surface area contributed by atoms with E-state index in [0.717, 1.165) is 23.7 Å². The molecular formula is C11H22N2O2S2. The lowest BCUT2D eigenvalue weighted by Gasteiger charge is -2.19. The van der Waals surface area contributed by atoms with Crippen LogP contribution in [-0.2, 0) is 4.74 Å². The topological polar surface area (TPSA) is 50.4 Å². The normalized spacial score (nSPS) is 10.8. The molecule has 0 saturated carbocycles. The second-order valence-electron chi connectivity index (χ2n) is 4.55. The first-order valence-corrected chi connectivity index (χ1v) is 7.27. The first-order valence-electron chi connectivity index (χ1n) is 5.64. The Hall–Kier alpha value is -0.490. The number of unbranched alkanes of at least 4 members (excludes halogenated alkanes) is 1. The summed E-state index contributed by atoms with van der Waals surface area (Å²) in [5.41, 5.74) is -0.434. The van der Waals surface area contributed by atoms with Gasteiger partial charge in [-0.15, -0.1) is 11.8 Å². The van der Waals surface area contributed by atoms with E-state index in [1.54, 1.807) is 0 Å². The van der Waals surface area contributed by atoms with Gasteiger partial charge in [-0.1, -0.05) is 12.2 Å². The van der Waals surface area contributed by atoms with Gasteiger partial charge in [0.15, 0.2) is 0 Å². The second-order valence-corrected chi connectivity index (χ2v) is 6.04. The number of amides is 1. The van der Waals surface area contributed by atoms with Gasteiger partial charge in [-0.2, -0.15) is 0 Å². The minimum absolute atomic E-state index is 0.356. The molecule has 0 aromatic heterocycles. The van der Waals surface area contributed by atoms with Crippen LogP contribution in [0, 0.1) is 0 Å². The van der Waals surface area contributed by atoms with Crippen molar-refractivity contribution in [3.63, 3.8) is 0 Å². The van der Waals surface area contributed by atoms with E-state index in [9.17, 15) is 4.79 Å². The van der Waals surface area contributed by atoms with E-state index in [0.29, 0.717) is 6.54 Å². The fraction of sp³-hybridized carbons (Fsp3) is 0.818. The lowest BCUT2D eigenvalue weighted by atomic mass is 10.2. The average Bonchev–Trinajstić information content (AvgIpc) is 2.20. The predicted molar refractivity (Wildman–Crippen MR) is 77.6 cm³/mol. The van der Waals surface area contributed by atoms with Gasteiger partial charge in [0, 0.05) is 13.1 Å². The van der Waals surface area contributed by atoms with Crippen LogP contribution < -0.4 is 10.6 Å². The number of ether oxygens (including phenoxy) is 1. The number of hydrogen-bond acceptors (Lipinski definition) is 4. The number of rotatable bonds is 5. The molecule has 100 valence electrons. The molecule has 2 N–H and O–H groups in total. The quantitative estimate of drug-likeness (QED) is 0.598. The van der Waals surface area contributed by atoms with Crippen molar-refractivity contribution in [2.45, 2.75) is 39.2 Å². The third kappa shape index (κ3) is 11.8. The average molecular weight is 278 g/mol. The van der Waals surface area contributed by atoms with E-state index >= 15 is 0 Å². The van der Waals surface area contributed by atoms with E-state index < -0.39 is 5.60 Å². The molecule has 0 rings (SSSR count). The molecule has 6 heteroatoms. The summed E-state index contributed by atoms with van der Waals surface area (Å²) < 4.78 is 5.92. The molecule has 0 unspecified atom stereocenters. The van der Waals surface area contributed by atoms with Crippen molar-refractivity contribution in [2.24, 2.45) is 0 Å². The van der Waals surface area contributed by atoms with Gasteiger partial charge in [-0.25, -0.2) is 4.79 Å². The number of hydrogen-bond donors (Lipinski definition) is 2. The van der Waals surface area contributed by atoms with Crippen molar-refractivity contribution in [1.29, 1.82) is 0 Å². The Morgan fingerprint density at radius 3 is 2.24 bits per heavy atom. The molecule has 0 aliphatic heterocycles. The van der Waals surface area contributed by atoms with Crippen molar-refractivity contribution in [2.75, 3.05) is 19.3 Å². The van der Waals surface area contributed by atoms with Crippen molar-refractivity contribution in [1.82, 2.24) is 10.6 Å². The van der Waals surface area contributed by atoms with Gasteiger partial charge in [0.1, 0.15) is 9.92 Å². The Bertz CT molecular complexity index is 252. The molecule has 1 amide bonds. The first-order chi connectivity index (χ1) is 7.85. The zero-order valence-electron chi connectivity index (χ0n) is 11.0. The van der Waals surface area contributed by atoms with Crippen LogP contribution in [0.4, 0.5) is 4.79 Å². The molecular weight excluding hydrogens is 256 g/mol. The molecule has 0 saturated heterocycles. The highest BCUT2D eigenvalue weighted by Crippen LogP contribution is 2.06. The fourth-order valence-corrected chi connectivity index (χ4v) is 1.37. The molecule has 0 fully saturated rings. The van der Waals surface area contributed by atoms with E-state index in [2.05, 4.69) is 10.6 Å². The maximum absolute atomic E-state index is 11.3. The van der Waals surface area contributed by atoms with Crippen molar-refractivity contribution < 1.29 is 9.53 Å². The zero-order chi connectivity index (χ0) is 13.3. The Balaban J connectivity index is 3.40.